The molecule has 65 heavy (non-hydrogen) atoms. The molecule has 2 aliphatic heterocycles. The number of hydrogen-bond acceptors (Lipinski definition) is 12. The van der Waals surface area contributed by atoms with Gasteiger partial charge < -0.3 is 29.9 Å². The Bertz CT molecular complexity index is 2930. The van der Waals surface area contributed by atoms with Crippen LogP contribution in [-0.4, -0.2) is 89.1 Å². The van der Waals surface area contributed by atoms with E-state index in [0.717, 1.165) is 10.3 Å². The average molecular weight is 890 g/mol. The Morgan fingerprint density at radius 3 is 2.42 bits per heavy atom. The van der Waals surface area contributed by atoms with Crippen LogP contribution in [-0.2, 0) is 25.7 Å². The van der Waals surface area contributed by atoms with Crippen LogP contribution in [0.2, 0.25) is 0 Å². The Labute approximate surface area is 375 Å². The highest BCUT2D eigenvalue weighted by atomic mass is 32.1. The van der Waals surface area contributed by atoms with Gasteiger partial charge in [0.25, 0.3) is 11.8 Å². The Balaban J connectivity index is 0.750. The summed E-state index contributed by atoms with van der Waals surface area (Å²) in [7, 11) is 0. The third-order valence-corrected chi connectivity index (χ3v) is 11.8. The van der Waals surface area contributed by atoms with Gasteiger partial charge in [-0.25, -0.2) is 5.43 Å². The number of benzene rings is 5. The zero-order valence-electron chi connectivity index (χ0n) is 34.5. The third-order valence-electron chi connectivity index (χ3n) is 10.6. The van der Waals surface area contributed by atoms with Crippen molar-refractivity contribution in [3.8, 4) is 39.5 Å². The van der Waals surface area contributed by atoms with Crippen LogP contribution < -0.4 is 20.8 Å². The van der Waals surface area contributed by atoms with E-state index in [2.05, 4.69) is 33.0 Å². The van der Waals surface area contributed by atoms with Gasteiger partial charge in [-0.1, -0.05) is 30.0 Å². The van der Waals surface area contributed by atoms with Gasteiger partial charge in [0.1, 0.15) is 36.5 Å². The van der Waals surface area contributed by atoms with E-state index >= 15 is 0 Å². The lowest BCUT2D eigenvalue weighted by Crippen LogP contribution is -2.52. The van der Waals surface area contributed by atoms with Crippen LogP contribution in [0.5, 0.6) is 17.2 Å². The number of hydrogen-bond donors (Lipinski definition) is 5. The molecule has 1 atom stereocenters. The Kier molecular flexibility index (Phi) is 13.1. The van der Waals surface area contributed by atoms with Gasteiger partial charge in [0.2, 0.25) is 17.7 Å². The van der Waals surface area contributed by atoms with Crippen molar-refractivity contribution in [2.75, 3.05) is 26.4 Å². The summed E-state index contributed by atoms with van der Waals surface area (Å²) in [6.07, 6.45) is 1.91. The number of nitrogens with one attached hydrogen (secondary N) is 3. The summed E-state index contributed by atoms with van der Waals surface area (Å²) in [6.45, 7) is 0.382. The summed E-state index contributed by atoms with van der Waals surface area (Å²) in [5.74, 6) is 4.42. The number of rotatable bonds is 14. The van der Waals surface area contributed by atoms with Crippen molar-refractivity contribution in [1.29, 1.82) is 0 Å². The molecule has 2 aliphatic rings. The number of amides is 5. The maximum atomic E-state index is 13.9. The van der Waals surface area contributed by atoms with Gasteiger partial charge in [-0.3, -0.25) is 34.1 Å². The molecular weight excluding hydrogens is 851 g/mol. The van der Waals surface area contributed by atoms with Crippen molar-refractivity contribution in [2.45, 2.75) is 25.4 Å². The van der Waals surface area contributed by atoms with Gasteiger partial charge in [0, 0.05) is 55.7 Å². The molecule has 1 aromatic heterocycles. The van der Waals surface area contributed by atoms with Gasteiger partial charge in [-0.2, -0.15) is 5.10 Å². The number of nitrogens with zero attached hydrogens (tertiary/aromatic N) is 2. The highest BCUT2D eigenvalue weighted by Crippen LogP contribution is 2.41. The van der Waals surface area contributed by atoms with Crippen molar-refractivity contribution in [1.82, 2.24) is 21.0 Å². The van der Waals surface area contributed by atoms with E-state index in [0.29, 0.717) is 55.0 Å². The number of phenolic OH excluding ortho intramolecular Hbond substituents is 2. The molecule has 6 aromatic rings. The molecule has 0 aliphatic carbocycles. The Hall–Kier alpha value is -8.13. The second-order valence-corrected chi connectivity index (χ2v) is 16.0. The molecule has 0 bridgehead atoms. The van der Waals surface area contributed by atoms with E-state index < -0.39 is 17.9 Å². The van der Waals surface area contributed by atoms with E-state index in [1.807, 2.05) is 0 Å². The molecule has 8 rings (SSSR count). The number of ether oxygens (including phenoxy) is 2. The topological polar surface area (TPSA) is 213 Å². The lowest BCUT2D eigenvalue weighted by Gasteiger charge is -2.29. The Morgan fingerprint density at radius 2 is 1.65 bits per heavy atom. The monoisotopic (exact) mass is 889 g/mol. The van der Waals surface area contributed by atoms with Crippen LogP contribution in [0, 0.1) is 11.8 Å². The van der Waals surface area contributed by atoms with E-state index in [1.54, 1.807) is 103 Å². The largest absolute Gasteiger partial charge is 0.508 e. The number of ketones is 1. The average Bonchev–Trinajstić information content (AvgIpc) is 3.85. The molecule has 3 heterocycles. The lowest BCUT2D eigenvalue weighted by atomic mass is 9.97. The first kappa shape index (κ1) is 43.5. The molecule has 326 valence electrons. The second-order valence-electron chi connectivity index (χ2n) is 14.9. The van der Waals surface area contributed by atoms with E-state index in [9.17, 15) is 39.0 Å². The van der Waals surface area contributed by atoms with Crippen molar-refractivity contribution in [3.05, 3.63) is 148 Å². The van der Waals surface area contributed by atoms with Gasteiger partial charge >= 0.3 is 0 Å². The number of thiophene rings is 1. The Morgan fingerprint density at radius 1 is 0.892 bits per heavy atom. The summed E-state index contributed by atoms with van der Waals surface area (Å²) < 4.78 is 11.9. The zero-order valence-corrected chi connectivity index (χ0v) is 35.3. The molecule has 16 heteroatoms. The normalized spacial score (nSPS) is 14.4. The summed E-state index contributed by atoms with van der Waals surface area (Å²) in [4.78, 5) is 78.2. The van der Waals surface area contributed by atoms with Gasteiger partial charge in [0.05, 0.1) is 19.4 Å². The van der Waals surface area contributed by atoms with E-state index in [-0.39, 0.29) is 80.8 Å². The number of carbonyl (C=O) groups is 6. The maximum absolute atomic E-state index is 13.9. The first-order valence-electron chi connectivity index (χ1n) is 20.4. The molecular formula is C49H39N5O10S. The van der Waals surface area contributed by atoms with Crippen LogP contribution in [0.1, 0.15) is 66.2 Å². The minimum atomic E-state index is -0.720. The number of carbonyl (C=O) groups excluding carboxylic acids is 6. The summed E-state index contributed by atoms with van der Waals surface area (Å²) >= 11 is 1.36. The molecule has 5 amide bonds. The maximum Gasteiger partial charge on any atom is 0.271 e. The number of fused-ring (bicyclic) bond motifs is 2. The number of hydrazone groups is 1. The number of piperidine rings is 1. The van der Waals surface area contributed by atoms with Crippen LogP contribution >= 0.6 is 11.3 Å². The standard InChI is InChI=1S/C49H39N5O10S/c55-34-14-12-32(13-15-34)46-44(38-19-16-35(56)25-41(38)65-46)45(59)31-8-10-33(11-9-31)47(60)53-51-26-29-6-17-36(18-7-29)64-24-23-63-28-43(58)50-22-2-4-30-3-1-5-37-39(30)27-54(49(37)62)40-20-21-42(57)52-48(40)61/h1,3,5-19,25-26,40,55-56H,20-24,27-28H2,(H,50,58)(H,53,60)(H,52,57,61)/b51-26+. The van der Waals surface area contributed by atoms with Crippen molar-refractivity contribution < 1.29 is 48.5 Å². The highest BCUT2D eigenvalue weighted by Gasteiger charge is 2.39. The molecule has 15 nitrogen and oxygen atoms in total. The smallest absolute Gasteiger partial charge is 0.271 e. The molecule has 0 spiro atoms. The quantitative estimate of drug-likeness (QED) is 0.0238. The van der Waals surface area contributed by atoms with Crippen molar-refractivity contribution in [3.63, 3.8) is 0 Å². The second kappa shape index (κ2) is 19.5. The summed E-state index contributed by atoms with van der Waals surface area (Å²) in [5, 5.41) is 29.6. The molecule has 0 saturated carbocycles. The van der Waals surface area contributed by atoms with E-state index in [1.165, 1.54) is 28.5 Å². The van der Waals surface area contributed by atoms with Gasteiger partial charge in [-0.15, -0.1) is 11.3 Å². The van der Waals surface area contributed by atoms with Crippen LogP contribution in [0.3, 0.4) is 0 Å². The predicted octanol–water partition coefficient (Wildman–Crippen LogP) is 5.30. The molecule has 1 saturated heterocycles. The fourth-order valence-corrected chi connectivity index (χ4v) is 8.58. The number of aromatic hydroxyl groups is 2. The van der Waals surface area contributed by atoms with Crippen LogP contribution in [0.15, 0.2) is 114 Å². The molecule has 1 fully saturated rings. The fourth-order valence-electron chi connectivity index (χ4n) is 7.34. The molecule has 5 N–H and O–H groups in total. The van der Waals surface area contributed by atoms with E-state index in [4.69, 9.17) is 9.47 Å². The minimum Gasteiger partial charge on any atom is -0.508 e. The van der Waals surface area contributed by atoms with Crippen molar-refractivity contribution >= 4 is 63.0 Å². The number of imide groups is 1. The molecule has 0 radical (unpaired) electrons. The lowest BCUT2D eigenvalue weighted by molar-refractivity contribution is -0.137. The minimum absolute atomic E-state index is 0.0511. The number of phenols is 2. The molecule has 5 aromatic carbocycles. The highest BCUT2D eigenvalue weighted by molar-refractivity contribution is 7.22. The molecule has 1 unspecified atom stereocenters. The first-order valence-corrected chi connectivity index (χ1v) is 21.2. The van der Waals surface area contributed by atoms with Crippen LogP contribution in [0.25, 0.3) is 20.5 Å². The van der Waals surface area contributed by atoms with Gasteiger partial charge in [0.15, 0.2) is 5.78 Å². The summed E-state index contributed by atoms with van der Waals surface area (Å²) in [5.41, 5.74) is 6.82. The van der Waals surface area contributed by atoms with Crippen molar-refractivity contribution in [2.24, 2.45) is 5.10 Å². The first-order chi connectivity index (χ1) is 31.5. The van der Waals surface area contributed by atoms with Gasteiger partial charge in [-0.05, 0) is 114 Å². The van der Waals surface area contributed by atoms with Crippen LogP contribution in [0.4, 0.5) is 0 Å². The SMILES string of the molecule is O=C(COCCOc1ccc(/C=N/NC(=O)c2ccc(C(=O)c3c(-c4ccc(O)cc4)sc4cc(O)ccc34)cc2)cc1)NCC#Cc1cccc2c1CN(C1CCC(=O)NC1=O)C2=O. The fraction of sp³-hybridized carbons (Fsp3) is 0.163. The summed E-state index contributed by atoms with van der Waals surface area (Å²) in [6, 6.07) is 29.0. The predicted molar refractivity (Wildman–Crippen MR) is 241 cm³/mol. The third kappa shape index (κ3) is 10.1. The zero-order chi connectivity index (χ0) is 45.5.